The Morgan fingerprint density at radius 3 is 2.69 bits per heavy atom. The van der Waals surface area contributed by atoms with Crippen LogP contribution >= 0.6 is 0 Å². The molecular weight excluding hydrogens is 369 g/mol. The molecule has 0 saturated carbocycles. The number of hydrogen-bond donors (Lipinski definition) is 2. The van der Waals surface area contributed by atoms with Crippen LogP contribution in [0.4, 0.5) is 16.0 Å². The quantitative estimate of drug-likeness (QED) is 0.542. The number of nitriles is 1. The number of benzene rings is 2. The first-order valence-corrected chi connectivity index (χ1v) is 8.92. The Balaban J connectivity index is 1.69. The lowest BCUT2D eigenvalue weighted by atomic mass is 9.98. The first kappa shape index (κ1) is 18.3. The molecule has 2 aromatic heterocycles. The summed E-state index contributed by atoms with van der Waals surface area (Å²) < 4.78 is 13.9. The lowest BCUT2D eigenvalue weighted by Gasteiger charge is -2.13. The van der Waals surface area contributed by atoms with Crippen LogP contribution in [0.2, 0.25) is 0 Å². The average molecular weight is 385 g/mol. The maximum atomic E-state index is 13.9. The van der Waals surface area contributed by atoms with Crippen molar-refractivity contribution in [1.29, 1.82) is 5.26 Å². The van der Waals surface area contributed by atoms with Crippen molar-refractivity contribution in [2.75, 3.05) is 17.6 Å². The minimum atomic E-state index is -0.332. The van der Waals surface area contributed by atoms with Crippen LogP contribution < -0.4 is 11.1 Å². The van der Waals surface area contributed by atoms with Gasteiger partial charge in [-0.15, -0.1) is 0 Å². The van der Waals surface area contributed by atoms with Gasteiger partial charge in [0.25, 0.3) is 0 Å². The highest BCUT2D eigenvalue weighted by molar-refractivity contribution is 5.95. The van der Waals surface area contributed by atoms with E-state index in [4.69, 9.17) is 5.73 Å². The number of nitrogen functional groups attached to an aromatic ring is 1. The van der Waals surface area contributed by atoms with E-state index in [1.165, 1.54) is 18.5 Å². The van der Waals surface area contributed by atoms with Crippen LogP contribution in [0.1, 0.15) is 11.3 Å². The first-order chi connectivity index (χ1) is 14.2. The second-order valence-corrected chi connectivity index (χ2v) is 6.32. The third-order valence-electron chi connectivity index (χ3n) is 4.50. The zero-order valence-corrected chi connectivity index (χ0v) is 15.3. The number of nitrogens with zero attached hydrogens (tertiary/aromatic N) is 5. The molecule has 0 aliphatic carbocycles. The number of anilines is 2. The molecule has 4 aromatic rings. The molecule has 0 spiro atoms. The fourth-order valence-electron chi connectivity index (χ4n) is 3.16. The first-order valence-electron chi connectivity index (χ1n) is 8.92. The summed E-state index contributed by atoms with van der Waals surface area (Å²) in [5.41, 5.74) is 9.01. The van der Waals surface area contributed by atoms with Gasteiger partial charge in [-0.1, -0.05) is 30.3 Å². The second kappa shape index (κ2) is 7.86. The Kier molecular flexibility index (Phi) is 4.95. The van der Waals surface area contributed by atoms with Crippen LogP contribution in [0, 0.1) is 17.1 Å². The summed E-state index contributed by atoms with van der Waals surface area (Å²) in [5.74, 6) is 0.152. The van der Waals surface area contributed by atoms with E-state index < -0.39 is 0 Å². The average Bonchev–Trinajstić information content (AvgIpc) is 2.74. The smallest absolute Gasteiger partial charge is 0.149 e. The Morgan fingerprint density at radius 2 is 1.90 bits per heavy atom. The van der Waals surface area contributed by atoms with E-state index in [2.05, 4.69) is 25.5 Å². The van der Waals surface area contributed by atoms with E-state index in [0.717, 1.165) is 11.1 Å². The maximum Gasteiger partial charge on any atom is 0.149 e. The van der Waals surface area contributed by atoms with Crippen molar-refractivity contribution in [2.45, 2.75) is 6.42 Å². The molecular formula is C21H16FN7. The third kappa shape index (κ3) is 3.66. The summed E-state index contributed by atoms with van der Waals surface area (Å²) in [6, 6.07) is 16.1. The number of nitrogens with two attached hydrogens (primary N) is 1. The van der Waals surface area contributed by atoms with Crippen molar-refractivity contribution in [2.24, 2.45) is 0 Å². The van der Waals surface area contributed by atoms with Crippen molar-refractivity contribution < 1.29 is 4.39 Å². The second-order valence-electron chi connectivity index (χ2n) is 6.32. The van der Waals surface area contributed by atoms with Crippen LogP contribution in [0.3, 0.4) is 0 Å². The summed E-state index contributed by atoms with van der Waals surface area (Å²) in [7, 11) is 0. The van der Waals surface area contributed by atoms with Crippen LogP contribution in [0.25, 0.3) is 22.0 Å². The van der Waals surface area contributed by atoms with Crippen molar-refractivity contribution in [3.8, 4) is 17.2 Å². The molecule has 0 radical (unpaired) electrons. The fraction of sp³-hybridized carbons (Fsp3) is 0.0952. The number of nitrogens with one attached hydrogen (secondary N) is 1. The van der Waals surface area contributed by atoms with Gasteiger partial charge in [0.2, 0.25) is 0 Å². The van der Waals surface area contributed by atoms with Crippen LogP contribution in [-0.4, -0.2) is 26.7 Å². The van der Waals surface area contributed by atoms with Gasteiger partial charge in [-0.25, -0.2) is 14.4 Å². The van der Waals surface area contributed by atoms with Crippen molar-refractivity contribution in [1.82, 2.24) is 20.2 Å². The molecule has 142 valence electrons. The zero-order chi connectivity index (χ0) is 20.2. The highest BCUT2D eigenvalue weighted by Gasteiger charge is 2.14. The van der Waals surface area contributed by atoms with Crippen molar-refractivity contribution in [3.63, 3.8) is 0 Å². The lowest BCUT2D eigenvalue weighted by molar-refractivity contribution is 0.629. The van der Waals surface area contributed by atoms with Crippen LogP contribution in [-0.2, 0) is 6.42 Å². The van der Waals surface area contributed by atoms with Gasteiger partial charge in [-0.05, 0) is 23.8 Å². The Morgan fingerprint density at radius 1 is 1.07 bits per heavy atom. The monoisotopic (exact) mass is 385 g/mol. The summed E-state index contributed by atoms with van der Waals surface area (Å²) in [4.78, 5) is 7.89. The SMILES string of the molecule is N#Cc1c(N)ncnc1NCCc1nnc2ccc(F)cc2c1-c1ccccc1. The minimum absolute atomic E-state index is 0.121. The van der Waals surface area contributed by atoms with Gasteiger partial charge in [0, 0.05) is 23.9 Å². The molecule has 0 amide bonds. The molecule has 0 unspecified atom stereocenters. The van der Waals surface area contributed by atoms with Crippen molar-refractivity contribution >= 4 is 22.5 Å². The molecule has 0 saturated heterocycles. The van der Waals surface area contributed by atoms with Gasteiger partial charge in [0.15, 0.2) is 0 Å². The summed E-state index contributed by atoms with van der Waals surface area (Å²) in [6.45, 7) is 0.431. The number of fused-ring (bicyclic) bond motifs is 1. The highest BCUT2D eigenvalue weighted by Crippen LogP contribution is 2.30. The molecule has 0 atom stereocenters. The Labute approximate surface area is 166 Å². The number of hydrogen-bond acceptors (Lipinski definition) is 7. The third-order valence-corrected chi connectivity index (χ3v) is 4.50. The van der Waals surface area contributed by atoms with Crippen molar-refractivity contribution in [3.05, 3.63) is 71.9 Å². The normalized spacial score (nSPS) is 10.6. The van der Waals surface area contributed by atoms with Gasteiger partial charge in [0.05, 0.1) is 11.2 Å². The van der Waals surface area contributed by atoms with Crippen LogP contribution in [0.5, 0.6) is 0 Å². The zero-order valence-electron chi connectivity index (χ0n) is 15.3. The number of rotatable bonds is 5. The fourth-order valence-corrected chi connectivity index (χ4v) is 3.16. The predicted octanol–water partition coefficient (Wildman–Crippen LogP) is 3.33. The molecule has 0 bridgehead atoms. The molecule has 29 heavy (non-hydrogen) atoms. The molecule has 0 aliphatic heterocycles. The number of aromatic nitrogens is 4. The molecule has 8 heteroatoms. The van der Waals surface area contributed by atoms with E-state index in [9.17, 15) is 9.65 Å². The maximum absolute atomic E-state index is 13.9. The summed E-state index contributed by atoms with van der Waals surface area (Å²) in [5, 5.41) is 21.6. The van der Waals surface area contributed by atoms with Crippen LogP contribution in [0.15, 0.2) is 54.9 Å². The van der Waals surface area contributed by atoms with E-state index in [-0.39, 0.29) is 17.2 Å². The standard InChI is InChI=1S/C21H16FN7/c22-14-6-7-17-15(10-14)19(13-4-2-1-3-5-13)18(29-28-17)8-9-25-21-16(11-23)20(24)26-12-27-21/h1-7,10,12H,8-9H2,(H3,24,25,26,27). The Bertz CT molecular complexity index is 1220. The number of halogens is 1. The summed E-state index contributed by atoms with van der Waals surface area (Å²) in [6.07, 6.45) is 1.78. The van der Waals surface area contributed by atoms with E-state index in [1.54, 1.807) is 6.07 Å². The van der Waals surface area contributed by atoms with E-state index >= 15 is 0 Å². The molecule has 2 aromatic carbocycles. The molecule has 2 heterocycles. The largest absolute Gasteiger partial charge is 0.382 e. The molecule has 0 aliphatic rings. The highest BCUT2D eigenvalue weighted by atomic mass is 19.1. The summed E-state index contributed by atoms with van der Waals surface area (Å²) >= 11 is 0. The van der Waals surface area contributed by atoms with E-state index in [0.29, 0.717) is 35.4 Å². The lowest BCUT2D eigenvalue weighted by Crippen LogP contribution is -2.12. The molecule has 7 nitrogen and oxygen atoms in total. The van der Waals surface area contributed by atoms with E-state index in [1.807, 2.05) is 36.4 Å². The van der Waals surface area contributed by atoms with Gasteiger partial charge in [-0.2, -0.15) is 15.5 Å². The molecule has 3 N–H and O–H groups in total. The van der Waals surface area contributed by atoms with Gasteiger partial charge < -0.3 is 11.1 Å². The van der Waals surface area contributed by atoms with Gasteiger partial charge >= 0.3 is 0 Å². The topological polar surface area (TPSA) is 113 Å². The molecule has 4 rings (SSSR count). The minimum Gasteiger partial charge on any atom is -0.382 e. The molecule has 0 fully saturated rings. The van der Waals surface area contributed by atoms with Gasteiger partial charge in [0.1, 0.15) is 35.4 Å². The predicted molar refractivity (Wildman–Crippen MR) is 108 cm³/mol. The Hall–Kier alpha value is -4.12. The van der Waals surface area contributed by atoms with Gasteiger partial charge in [-0.3, -0.25) is 0 Å².